The van der Waals surface area contributed by atoms with E-state index in [9.17, 15) is 9.18 Å². The van der Waals surface area contributed by atoms with Gasteiger partial charge >= 0.3 is 0 Å². The van der Waals surface area contributed by atoms with Crippen molar-refractivity contribution in [3.63, 3.8) is 0 Å². The van der Waals surface area contributed by atoms with Crippen molar-refractivity contribution in [1.82, 2.24) is 9.97 Å². The lowest BCUT2D eigenvalue weighted by molar-refractivity contribution is 0.102. The first kappa shape index (κ1) is 21.0. The highest BCUT2D eigenvalue weighted by molar-refractivity contribution is 6.11. The van der Waals surface area contributed by atoms with Gasteiger partial charge in [0.2, 0.25) is 0 Å². The molecule has 5 rings (SSSR count). The van der Waals surface area contributed by atoms with Crippen LogP contribution in [0.3, 0.4) is 0 Å². The van der Waals surface area contributed by atoms with Crippen LogP contribution in [0.25, 0.3) is 22.0 Å². The van der Waals surface area contributed by atoms with E-state index < -0.39 is 5.82 Å². The monoisotopic (exact) mass is 442 g/mol. The second-order valence-corrected chi connectivity index (χ2v) is 7.95. The van der Waals surface area contributed by atoms with Gasteiger partial charge in [0.05, 0.1) is 18.9 Å². The van der Waals surface area contributed by atoms with Crippen LogP contribution in [0.5, 0.6) is 0 Å². The number of nitrogens with zero attached hydrogens (tertiary/aromatic N) is 3. The number of carbonyl (C=O) groups excluding carboxylic acids is 1. The van der Waals surface area contributed by atoms with Crippen LogP contribution < -0.4 is 10.2 Å². The Hall–Kier alpha value is -3.84. The van der Waals surface area contributed by atoms with Gasteiger partial charge < -0.3 is 15.0 Å². The highest BCUT2D eigenvalue weighted by Crippen LogP contribution is 2.33. The molecule has 0 aliphatic carbocycles. The van der Waals surface area contributed by atoms with Gasteiger partial charge in [0.25, 0.3) is 5.91 Å². The van der Waals surface area contributed by atoms with Crippen molar-refractivity contribution in [2.75, 3.05) is 36.5 Å². The standard InChI is InChI=1S/C26H23FN4O2/c1-17-28-9-8-25(29-17)23-6-7-24(22-5-3-2-4-21(22)23)30-26(32)18-14-19(27)16-20(15-18)31-10-12-33-13-11-31/h2-9,14-16H,10-13H2,1H3,(H,30,32). The molecule has 1 N–H and O–H groups in total. The number of halogens is 1. The van der Waals surface area contributed by atoms with E-state index in [0.29, 0.717) is 43.5 Å². The minimum atomic E-state index is -0.441. The number of amides is 1. The number of fused-ring (bicyclic) bond motifs is 1. The van der Waals surface area contributed by atoms with Crippen LogP contribution in [0.15, 0.2) is 66.9 Å². The molecule has 0 saturated carbocycles. The normalized spacial score (nSPS) is 13.8. The topological polar surface area (TPSA) is 67.4 Å². The number of nitrogens with one attached hydrogen (secondary N) is 1. The molecule has 0 radical (unpaired) electrons. The summed E-state index contributed by atoms with van der Waals surface area (Å²) in [7, 11) is 0. The predicted octanol–water partition coefficient (Wildman–Crippen LogP) is 4.83. The summed E-state index contributed by atoms with van der Waals surface area (Å²) in [5.41, 5.74) is 3.38. The number of morpholine rings is 1. The van der Waals surface area contributed by atoms with Crippen molar-refractivity contribution in [1.29, 1.82) is 0 Å². The molecule has 3 aromatic carbocycles. The molecule has 0 spiro atoms. The highest BCUT2D eigenvalue weighted by Gasteiger charge is 2.17. The van der Waals surface area contributed by atoms with Crippen molar-refractivity contribution in [2.24, 2.45) is 0 Å². The lowest BCUT2D eigenvalue weighted by Crippen LogP contribution is -2.36. The van der Waals surface area contributed by atoms with Gasteiger partial charge in [0.1, 0.15) is 11.6 Å². The van der Waals surface area contributed by atoms with Gasteiger partial charge in [-0.2, -0.15) is 0 Å². The zero-order chi connectivity index (χ0) is 22.8. The Morgan fingerprint density at radius 3 is 2.61 bits per heavy atom. The molecule has 1 aliphatic rings. The molecule has 1 fully saturated rings. The fraction of sp³-hybridized carbons (Fsp3) is 0.192. The molecule has 166 valence electrons. The Balaban J connectivity index is 1.48. The predicted molar refractivity (Wildman–Crippen MR) is 127 cm³/mol. The quantitative estimate of drug-likeness (QED) is 0.490. The number of hydrogen-bond donors (Lipinski definition) is 1. The summed E-state index contributed by atoms with van der Waals surface area (Å²) in [6.07, 6.45) is 1.73. The van der Waals surface area contributed by atoms with Gasteiger partial charge in [0.15, 0.2) is 0 Å². The average molecular weight is 442 g/mol. The third-order valence-electron chi connectivity index (χ3n) is 5.75. The van der Waals surface area contributed by atoms with Crippen molar-refractivity contribution < 1.29 is 13.9 Å². The number of aromatic nitrogens is 2. The number of hydrogen-bond acceptors (Lipinski definition) is 5. The molecule has 1 aliphatic heterocycles. The summed E-state index contributed by atoms with van der Waals surface area (Å²) in [6.45, 7) is 4.35. The third-order valence-corrected chi connectivity index (χ3v) is 5.75. The first-order valence-corrected chi connectivity index (χ1v) is 10.8. The molecule has 1 saturated heterocycles. The molecule has 6 nitrogen and oxygen atoms in total. The lowest BCUT2D eigenvalue weighted by atomic mass is 10.00. The van der Waals surface area contributed by atoms with Crippen LogP contribution in [0, 0.1) is 12.7 Å². The molecule has 2 heterocycles. The maximum atomic E-state index is 14.4. The fourth-order valence-electron chi connectivity index (χ4n) is 4.14. The Labute approximate surface area is 191 Å². The number of rotatable bonds is 4. The van der Waals surface area contributed by atoms with E-state index in [4.69, 9.17) is 4.74 Å². The number of benzene rings is 3. The van der Waals surface area contributed by atoms with Crippen LogP contribution >= 0.6 is 0 Å². The van der Waals surface area contributed by atoms with Crippen LogP contribution in [-0.4, -0.2) is 42.2 Å². The molecule has 0 atom stereocenters. The Bertz CT molecular complexity index is 1340. The van der Waals surface area contributed by atoms with E-state index in [1.165, 1.54) is 12.1 Å². The third kappa shape index (κ3) is 4.40. The zero-order valence-corrected chi connectivity index (χ0v) is 18.2. The second-order valence-electron chi connectivity index (χ2n) is 7.95. The summed E-state index contributed by atoms with van der Waals surface area (Å²) < 4.78 is 19.7. The number of aryl methyl sites for hydroxylation is 1. The maximum absolute atomic E-state index is 14.4. The smallest absolute Gasteiger partial charge is 0.255 e. The van der Waals surface area contributed by atoms with Gasteiger partial charge in [0, 0.05) is 47.2 Å². The van der Waals surface area contributed by atoms with Gasteiger partial charge in [-0.3, -0.25) is 4.79 Å². The largest absolute Gasteiger partial charge is 0.378 e. The van der Waals surface area contributed by atoms with Crippen LogP contribution in [-0.2, 0) is 4.74 Å². The van der Waals surface area contributed by atoms with E-state index in [1.807, 2.05) is 54.3 Å². The van der Waals surface area contributed by atoms with Crippen molar-refractivity contribution in [3.8, 4) is 11.3 Å². The minimum Gasteiger partial charge on any atom is -0.378 e. The Morgan fingerprint density at radius 1 is 1.03 bits per heavy atom. The summed E-state index contributed by atoms with van der Waals surface area (Å²) in [5, 5.41) is 4.81. The molecular formula is C26H23FN4O2. The van der Waals surface area contributed by atoms with Crippen molar-refractivity contribution >= 4 is 28.1 Å². The molecule has 0 bridgehead atoms. The van der Waals surface area contributed by atoms with Crippen LogP contribution in [0.2, 0.25) is 0 Å². The van der Waals surface area contributed by atoms with Crippen molar-refractivity contribution in [3.05, 3.63) is 84.1 Å². The van der Waals surface area contributed by atoms with E-state index in [2.05, 4.69) is 15.3 Å². The maximum Gasteiger partial charge on any atom is 0.255 e. The number of carbonyl (C=O) groups is 1. The van der Waals surface area contributed by atoms with Gasteiger partial charge in [-0.05, 0) is 42.6 Å². The van der Waals surface area contributed by atoms with E-state index in [1.54, 1.807) is 12.3 Å². The molecule has 7 heteroatoms. The summed E-state index contributed by atoms with van der Waals surface area (Å²) >= 11 is 0. The summed E-state index contributed by atoms with van der Waals surface area (Å²) in [6, 6.07) is 17.9. The lowest BCUT2D eigenvalue weighted by Gasteiger charge is -2.29. The molecule has 1 aromatic heterocycles. The van der Waals surface area contributed by atoms with Crippen LogP contribution in [0.1, 0.15) is 16.2 Å². The van der Waals surface area contributed by atoms with Gasteiger partial charge in [-0.1, -0.05) is 30.3 Å². The molecule has 1 amide bonds. The first-order valence-electron chi connectivity index (χ1n) is 10.8. The first-order chi connectivity index (χ1) is 16.1. The van der Waals surface area contributed by atoms with E-state index >= 15 is 0 Å². The molecule has 4 aromatic rings. The SMILES string of the molecule is Cc1nccc(-c2ccc(NC(=O)c3cc(F)cc(N4CCOCC4)c3)c3ccccc23)n1. The van der Waals surface area contributed by atoms with Crippen molar-refractivity contribution in [2.45, 2.75) is 6.92 Å². The second kappa shape index (κ2) is 8.96. The van der Waals surface area contributed by atoms with Gasteiger partial charge in [-0.25, -0.2) is 14.4 Å². The molecule has 33 heavy (non-hydrogen) atoms. The Kier molecular flexibility index (Phi) is 5.71. The fourth-order valence-corrected chi connectivity index (χ4v) is 4.14. The van der Waals surface area contributed by atoms with Gasteiger partial charge in [-0.15, -0.1) is 0 Å². The summed E-state index contributed by atoms with van der Waals surface area (Å²) in [5.74, 6) is -0.112. The average Bonchev–Trinajstić information content (AvgIpc) is 2.84. The Morgan fingerprint density at radius 2 is 1.82 bits per heavy atom. The minimum absolute atomic E-state index is 0.274. The molecule has 0 unspecified atom stereocenters. The number of ether oxygens (including phenoxy) is 1. The van der Waals surface area contributed by atoms with E-state index in [-0.39, 0.29) is 11.5 Å². The number of anilines is 2. The summed E-state index contributed by atoms with van der Waals surface area (Å²) in [4.78, 5) is 23.8. The van der Waals surface area contributed by atoms with E-state index in [0.717, 1.165) is 22.0 Å². The molecular weight excluding hydrogens is 419 g/mol. The van der Waals surface area contributed by atoms with Crippen LogP contribution in [0.4, 0.5) is 15.8 Å². The zero-order valence-electron chi connectivity index (χ0n) is 18.2. The highest BCUT2D eigenvalue weighted by atomic mass is 19.1.